The first-order chi connectivity index (χ1) is 10.2. The van der Waals surface area contributed by atoms with Crippen LogP contribution in [0.3, 0.4) is 0 Å². The van der Waals surface area contributed by atoms with E-state index in [2.05, 4.69) is 4.74 Å². The van der Waals surface area contributed by atoms with Crippen molar-refractivity contribution in [1.82, 2.24) is 4.72 Å². The topological polar surface area (TPSA) is 72.5 Å². The number of carbonyl (C=O) groups is 1. The van der Waals surface area contributed by atoms with Crippen molar-refractivity contribution >= 4 is 16.0 Å². The van der Waals surface area contributed by atoms with E-state index >= 15 is 0 Å². The number of nitrogens with one attached hydrogen (secondary N) is 1. The number of carbonyl (C=O) groups excluding carboxylic acids is 1. The second kappa shape index (κ2) is 7.10. The van der Waals surface area contributed by atoms with Gasteiger partial charge in [-0.2, -0.15) is 4.72 Å². The quantitative estimate of drug-likeness (QED) is 0.635. The van der Waals surface area contributed by atoms with E-state index in [1.807, 2.05) is 4.72 Å². The summed E-state index contributed by atoms with van der Waals surface area (Å²) in [7, 11) is -3.50. The molecule has 0 saturated heterocycles. The van der Waals surface area contributed by atoms with Gasteiger partial charge in [-0.3, -0.25) is 4.79 Å². The number of rotatable bonds is 6. The molecule has 0 aliphatic heterocycles. The minimum absolute atomic E-state index is 0.433. The first kappa shape index (κ1) is 18.4. The standard InChI is InChI=1S/C13H16F3NO4S/c1-4-7(2)12(13(18)21-3)17-22(19,20)9-6-5-8(14)10(15)11(9)16/h5-7,12,17H,4H2,1-3H3/t7-,12+/m0/s1. The summed E-state index contributed by atoms with van der Waals surface area (Å²) in [5.74, 6) is -6.57. The summed E-state index contributed by atoms with van der Waals surface area (Å²) in [5.41, 5.74) is 0. The molecular formula is C13H16F3NO4S. The van der Waals surface area contributed by atoms with Crippen LogP contribution in [-0.2, 0) is 19.6 Å². The minimum atomic E-state index is -4.57. The summed E-state index contributed by atoms with van der Waals surface area (Å²) in [6, 6.07) is -0.197. The van der Waals surface area contributed by atoms with Crippen LogP contribution >= 0.6 is 0 Å². The summed E-state index contributed by atoms with van der Waals surface area (Å²) in [5, 5.41) is 0. The van der Waals surface area contributed by atoms with Crippen LogP contribution in [0.5, 0.6) is 0 Å². The third-order valence-corrected chi connectivity index (χ3v) is 4.70. The van der Waals surface area contributed by atoms with Gasteiger partial charge in [-0.25, -0.2) is 21.6 Å². The average molecular weight is 339 g/mol. The lowest BCUT2D eigenvalue weighted by Gasteiger charge is -2.21. The molecule has 9 heteroatoms. The molecule has 0 heterocycles. The first-order valence-corrected chi connectivity index (χ1v) is 7.87. The largest absolute Gasteiger partial charge is 0.468 e. The molecule has 0 aliphatic carbocycles. The van der Waals surface area contributed by atoms with Gasteiger partial charge in [-0.1, -0.05) is 20.3 Å². The highest BCUT2D eigenvalue weighted by molar-refractivity contribution is 7.89. The van der Waals surface area contributed by atoms with E-state index < -0.39 is 50.3 Å². The van der Waals surface area contributed by atoms with Crippen LogP contribution in [0.4, 0.5) is 13.2 Å². The molecule has 2 atom stereocenters. The molecule has 0 aliphatic rings. The van der Waals surface area contributed by atoms with Crippen molar-refractivity contribution in [3.8, 4) is 0 Å². The zero-order valence-electron chi connectivity index (χ0n) is 12.2. The fraction of sp³-hybridized carbons (Fsp3) is 0.462. The lowest BCUT2D eigenvalue weighted by atomic mass is 10.0. The van der Waals surface area contributed by atoms with Crippen molar-refractivity contribution in [2.24, 2.45) is 5.92 Å². The number of ether oxygens (including phenoxy) is 1. The van der Waals surface area contributed by atoms with E-state index in [0.29, 0.717) is 18.6 Å². The molecule has 1 rings (SSSR count). The van der Waals surface area contributed by atoms with Gasteiger partial charge in [0.05, 0.1) is 7.11 Å². The van der Waals surface area contributed by atoms with Gasteiger partial charge in [0.1, 0.15) is 10.9 Å². The van der Waals surface area contributed by atoms with Gasteiger partial charge < -0.3 is 4.74 Å². The molecule has 1 aromatic rings. The summed E-state index contributed by atoms with van der Waals surface area (Å²) in [6.07, 6.45) is 0.433. The van der Waals surface area contributed by atoms with Crippen LogP contribution in [0, 0.1) is 23.4 Å². The van der Waals surface area contributed by atoms with Crippen LogP contribution in [0.1, 0.15) is 20.3 Å². The molecule has 22 heavy (non-hydrogen) atoms. The Morgan fingerprint density at radius 2 is 1.86 bits per heavy atom. The predicted molar refractivity (Wildman–Crippen MR) is 71.9 cm³/mol. The Hall–Kier alpha value is -1.61. The van der Waals surface area contributed by atoms with Crippen LogP contribution in [-0.4, -0.2) is 27.5 Å². The Bertz CT molecular complexity index is 663. The third-order valence-electron chi connectivity index (χ3n) is 3.24. The fourth-order valence-corrected chi connectivity index (χ4v) is 3.07. The predicted octanol–water partition coefficient (Wildman–Crippen LogP) is 1.97. The molecule has 0 saturated carbocycles. The van der Waals surface area contributed by atoms with Crippen molar-refractivity contribution in [3.05, 3.63) is 29.6 Å². The SMILES string of the molecule is CC[C@H](C)[C@@H](NS(=O)(=O)c1ccc(F)c(F)c1F)C(=O)OC. The van der Waals surface area contributed by atoms with E-state index in [1.54, 1.807) is 13.8 Å². The minimum Gasteiger partial charge on any atom is -0.468 e. The van der Waals surface area contributed by atoms with Gasteiger partial charge >= 0.3 is 5.97 Å². The molecule has 124 valence electrons. The molecular weight excluding hydrogens is 323 g/mol. The van der Waals surface area contributed by atoms with Crippen LogP contribution in [0.15, 0.2) is 17.0 Å². The molecule has 0 spiro atoms. The number of sulfonamides is 1. The maximum Gasteiger partial charge on any atom is 0.324 e. The smallest absolute Gasteiger partial charge is 0.324 e. The maximum absolute atomic E-state index is 13.6. The maximum atomic E-state index is 13.6. The third kappa shape index (κ3) is 3.77. The normalized spacial score (nSPS) is 14.5. The van der Waals surface area contributed by atoms with E-state index in [1.165, 1.54) is 0 Å². The van der Waals surface area contributed by atoms with E-state index in [9.17, 15) is 26.4 Å². The van der Waals surface area contributed by atoms with Crippen LogP contribution < -0.4 is 4.72 Å². The van der Waals surface area contributed by atoms with E-state index in [-0.39, 0.29) is 0 Å². The lowest BCUT2D eigenvalue weighted by molar-refractivity contribution is -0.143. The molecule has 0 bridgehead atoms. The molecule has 0 fully saturated rings. The highest BCUT2D eigenvalue weighted by Crippen LogP contribution is 2.21. The van der Waals surface area contributed by atoms with Gasteiger partial charge in [0.2, 0.25) is 10.0 Å². The van der Waals surface area contributed by atoms with Crippen LogP contribution in [0.25, 0.3) is 0 Å². The second-order valence-corrected chi connectivity index (χ2v) is 6.36. The average Bonchev–Trinajstić information content (AvgIpc) is 2.48. The highest BCUT2D eigenvalue weighted by Gasteiger charge is 2.32. The van der Waals surface area contributed by atoms with Crippen molar-refractivity contribution in [2.45, 2.75) is 31.2 Å². The van der Waals surface area contributed by atoms with Crippen molar-refractivity contribution in [3.63, 3.8) is 0 Å². The zero-order chi connectivity index (χ0) is 17.1. The summed E-state index contributed by atoms with van der Waals surface area (Å²) < 4.78 is 70.4. The van der Waals surface area contributed by atoms with E-state index in [4.69, 9.17) is 0 Å². The zero-order valence-corrected chi connectivity index (χ0v) is 13.0. The van der Waals surface area contributed by atoms with Gasteiger partial charge in [0.15, 0.2) is 17.5 Å². The molecule has 0 radical (unpaired) electrons. The monoisotopic (exact) mass is 339 g/mol. The molecule has 0 unspecified atom stereocenters. The van der Waals surface area contributed by atoms with Crippen LogP contribution in [0.2, 0.25) is 0 Å². The second-order valence-electron chi connectivity index (χ2n) is 4.68. The summed E-state index contributed by atoms with van der Waals surface area (Å²) >= 11 is 0. The van der Waals surface area contributed by atoms with Crippen molar-refractivity contribution in [1.29, 1.82) is 0 Å². The molecule has 0 aromatic heterocycles. The molecule has 5 nitrogen and oxygen atoms in total. The highest BCUT2D eigenvalue weighted by atomic mass is 32.2. The number of esters is 1. The van der Waals surface area contributed by atoms with E-state index in [0.717, 1.165) is 7.11 Å². The van der Waals surface area contributed by atoms with Gasteiger partial charge in [-0.15, -0.1) is 0 Å². The lowest BCUT2D eigenvalue weighted by Crippen LogP contribution is -2.45. The van der Waals surface area contributed by atoms with Crippen molar-refractivity contribution < 1.29 is 31.1 Å². The number of halogens is 3. The Morgan fingerprint density at radius 3 is 2.36 bits per heavy atom. The van der Waals surface area contributed by atoms with Crippen molar-refractivity contribution in [2.75, 3.05) is 7.11 Å². The van der Waals surface area contributed by atoms with Gasteiger partial charge in [-0.05, 0) is 18.1 Å². The summed E-state index contributed by atoms with van der Waals surface area (Å²) in [6.45, 7) is 3.30. The molecule has 1 N–H and O–H groups in total. The Morgan fingerprint density at radius 1 is 1.27 bits per heavy atom. The Kier molecular flexibility index (Phi) is 5.95. The number of methoxy groups -OCH3 is 1. The molecule has 0 amide bonds. The summed E-state index contributed by atoms with van der Waals surface area (Å²) in [4.78, 5) is 10.6. The number of hydrogen-bond donors (Lipinski definition) is 1. The first-order valence-electron chi connectivity index (χ1n) is 6.39. The Labute approximate surface area is 126 Å². The van der Waals surface area contributed by atoms with Gasteiger partial charge in [0, 0.05) is 0 Å². The number of hydrogen-bond acceptors (Lipinski definition) is 4. The fourth-order valence-electron chi connectivity index (χ4n) is 1.71. The number of benzene rings is 1. The van der Waals surface area contributed by atoms with Gasteiger partial charge in [0.25, 0.3) is 0 Å². The molecule has 1 aromatic carbocycles. The Balaban J connectivity index is 3.24.